The molecule has 0 unspecified atom stereocenters. The molecule has 0 aliphatic heterocycles. The van der Waals surface area contributed by atoms with Crippen LogP contribution in [0, 0.1) is 18.3 Å². The number of nitrogens with zero attached hydrogens (tertiary/aromatic N) is 1. The van der Waals surface area contributed by atoms with Crippen LogP contribution >= 0.6 is 11.8 Å². The molecule has 96 valence electrons. The minimum Gasteiger partial charge on any atom is -0.508 e. The molecular weight excluding hydrogens is 258 g/mol. The summed E-state index contributed by atoms with van der Waals surface area (Å²) in [6.07, 6.45) is 1.92. The Labute approximate surface area is 116 Å². The summed E-state index contributed by atoms with van der Waals surface area (Å²) in [7, 11) is 0. The fourth-order valence-corrected chi connectivity index (χ4v) is 2.36. The Morgan fingerprint density at radius 2 is 2.05 bits per heavy atom. The zero-order valence-electron chi connectivity index (χ0n) is 10.7. The Kier molecular flexibility index (Phi) is 3.98. The molecule has 4 heteroatoms. The number of nitriles is 1. The van der Waals surface area contributed by atoms with Crippen molar-refractivity contribution in [2.24, 2.45) is 0 Å². The van der Waals surface area contributed by atoms with E-state index in [0.29, 0.717) is 17.1 Å². The average molecular weight is 271 g/mol. The molecule has 2 rings (SSSR count). The van der Waals surface area contributed by atoms with Crippen LogP contribution in [0.1, 0.15) is 11.1 Å². The Bertz CT molecular complexity index is 627. The molecule has 0 aromatic heterocycles. The van der Waals surface area contributed by atoms with Gasteiger partial charge in [-0.2, -0.15) is 5.26 Å². The van der Waals surface area contributed by atoms with E-state index < -0.39 is 0 Å². The van der Waals surface area contributed by atoms with Crippen LogP contribution < -0.4 is 4.74 Å². The third-order valence-corrected chi connectivity index (χ3v) is 3.36. The number of benzene rings is 2. The van der Waals surface area contributed by atoms with Crippen LogP contribution in [0.5, 0.6) is 17.2 Å². The van der Waals surface area contributed by atoms with Gasteiger partial charge in [-0.15, -0.1) is 11.8 Å². The lowest BCUT2D eigenvalue weighted by atomic mass is 10.2. The molecule has 0 amide bonds. The largest absolute Gasteiger partial charge is 0.508 e. The van der Waals surface area contributed by atoms with Crippen LogP contribution in [0.15, 0.2) is 41.3 Å². The molecule has 0 saturated carbocycles. The van der Waals surface area contributed by atoms with E-state index in [1.807, 2.05) is 31.4 Å². The first kappa shape index (κ1) is 13.3. The third kappa shape index (κ3) is 3.01. The van der Waals surface area contributed by atoms with Gasteiger partial charge in [0, 0.05) is 11.0 Å². The van der Waals surface area contributed by atoms with Crippen molar-refractivity contribution in [1.82, 2.24) is 0 Å². The quantitative estimate of drug-likeness (QED) is 0.854. The van der Waals surface area contributed by atoms with Crippen molar-refractivity contribution >= 4 is 11.8 Å². The third-order valence-electron chi connectivity index (χ3n) is 2.58. The van der Waals surface area contributed by atoms with Crippen LogP contribution in [-0.4, -0.2) is 11.4 Å². The Hall–Kier alpha value is -2.12. The predicted molar refractivity (Wildman–Crippen MR) is 75.9 cm³/mol. The summed E-state index contributed by atoms with van der Waals surface area (Å²) in [6.45, 7) is 1.87. The number of hydrogen-bond donors (Lipinski definition) is 1. The smallest absolute Gasteiger partial charge is 0.146 e. The molecule has 2 aromatic carbocycles. The van der Waals surface area contributed by atoms with Crippen molar-refractivity contribution in [2.75, 3.05) is 6.26 Å². The van der Waals surface area contributed by atoms with Gasteiger partial charge in [-0.3, -0.25) is 0 Å². The predicted octanol–water partition coefficient (Wildman–Crippen LogP) is 4.09. The second-order valence-corrected chi connectivity index (χ2v) is 4.90. The van der Waals surface area contributed by atoms with Crippen molar-refractivity contribution in [3.05, 3.63) is 47.5 Å². The van der Waals surface area contributed by atoms with E-state index in [1.54, 1.807) is 12.1 Å². The van der Waals surface area contributed by atoms with E-state index in [-0.39, 0.29) is 5.75 Å². The zero-order valence-corrected chi connectivity index (χ0v) is 11.5. The van der Waals surface area contributed by atoms with Crippen LogP contribution in [0.2, 0.25) is 0 Å². The number of rotatable bonds is 3. The minimum absolute atomic E-state index is 0.148. The number of ether oxygens (including phenoxy) is 1. The fourth-order valence-electron chi connectivity index (χ4n) is 1.79. The maximum Gasteiger partial charge on any atom is 0.146 e. The van der Waals surface area contributed by atoms with E-state index in [9.17, 15) is 10.4 Å². The number of hydrogen-bond acceptors (Lipinski definition) is 4. The lowest BCUT2D eigenvalue weighted by Crippen LogP contribution is -1.90. The highest BCUT2D eigenvalue weighted by atomic mass is 32.2. The number of thioether (sulfide) groups is 1. The first-order valence-corrected chi connectivity index (χ1v) is 6.92. The van der Waals surface area contributed by atoms with Crippen molar-refractivity contribution < 1.29 is 9.84 Å². The van der Waals surface area contributed by atoms with Gasteiger partial charge in [-0.05, 0) is 43.0 Å². The van der Waals surface area contributed by atoms with Crippen LogP contribution in [0.3, 0.4) is 0 Å². The van der Waals surface area contributed by atoms with E-state index in [1.165, 1.54) is 17.8 Å². The molecule has 0 fully saturated rings. The van der Waals surface area contributed by atoms with Crippen molar-refractivity contribution in [1.29, 1.82) is 5.26 Å². The molecule has 3 nitrogen and oxygen atoms in total. The molecule has 19 heavy (non-hydrogen) atoms. The lowest BCUT2D eigenvalue weighted by molar-refractivity contribution is 0.453. The Morgan fingerprint density at radius 3 is 2.68 bits per heavy atom. The maximum absolute atomic E-state index is 9.55. The van der Waals surface area contributed by atoms with Gasteiger partial charge in [0.15, 0.2) is 0 Å². The number of aromatic hydroxyl groups is 1. The molecule has 0 atom stereocenters. The lowest BCUT2D eigenvalue weighted by Gasteiger charge is -2.10. The summed E-state index contributed by atoms with van der Waals surface area (Å²) in [6, 6.07) is 12.6. The molecule has 0 aliphatic carbocycles. The monoisotopic (exact) mass is 271 g/mol. The van der Waals surface area contributed by atoms with Gasteiger partial charge in [0.1, 0.15) is 28.9 Å². The standard InChI is InChI=1S/C15H13NO2S/c1-10-6-11(17)8-12(7-10)18-14-4-3-5-15(19-2)13(14)9-16/h3-8,17H,1-2H3. The molecule has 0 heterocycles. The van der Waals surface area contributed by atoms with Gasteiger partial charge < -0.3 is 9.84 Å². The van der Waals surface area contributed by atoms with E-state index in [0.717, 1.165) is 10.5 Å². The number of phenolic OH excluding ortho intramolecular Hbond substituents is 1. The highest BCUT2D eigenvalue weighted by molar-refractivity contribution is 7.98. The van der Waals surface area contributed by atoms with Gasteiger partial charge in [0.25, 0.3) is 0 Å². The Morgan fingerprint density at radius 1 is 1.26 bits per heavy atom. The average Bonchev–Trinajstić information content (AvgIpc) is 2.37. The van der Waals surface area contributed by atoms with E-state index >= 15 is 0 Å². The normalized spacial score (nSPS) is 9.95. The van der Waals surface area contributed by atoms with Crippen molar-refractivity contribution in [2.45, 2.75) is 11.8 Å². The summed E-state index contributed by atoms with van der Waals surface area (Å²) in [5, 5.41) is 18.8. The molecule has 0 aliphatic rings. The zero-order chi connectivity index (χ0) is 13.8. The van der Waals surface area contributed by atoms with Crippen molar-refractivity contribution in [3.8, 4) is 23.3 Å². The van der Waals surface area contributed by atoms with Gasteiger partial charge >= 0.3 is 0 Å². The first-order chi connectivity index (χ1) is 9.13. The van der Waals surface area contributed by atoms with E-state index in [4.69, 9.17) is 4.74 Å². The SMILES string of the molecule is CSc1cccc(Oc2cc(C)cc(O)c2)c1C#N. The van der Waals surface area contributed by atoms with Gasteiger partial charge in [0.2, 0.25) is 0 Å². The van der Waals surface area contributed by atoms with Crippen LogP contribution in [-0.2, 0) is 0 Å². The minimum atomic E-state index is 0.148. The molecule has 0 bridgehead atoms. The summed E-state index contributed by atoms with van der Waals surface area (Å²) in [4.78, 5) is 0.872. The first-order valence-electron chi connectivity index (χ1n) is 5.69. The van der Waals surface area contributed by atoms with Crippen LogP contribution in [0.25, 0.3) is 0 Å². The summed E-state index contributed by atoms with van der Waals surface area (Å²) in [5.74, 6) is 1.17. The van der Waals surface area contributed by atoms with Gasteiger partial charge in [-0.1, -0.05) is 6.07 Å². The molecule has 0 spiro atoms. The highest BCUT2D eigenvalue weighted by Gasteiger charge is 2.10. The number of aryl methyl sites for hydroxylation is 1. The topological polar surface area (TPSA) is 53.2 Å². The summed E-state index contributed by atoms with van der Waals surface area (Å²) in [5.41, 5.74) is 1.41. The fraction of sp³-hybridized carbons (Fsp3) is 0.133. The summed E-state index contributed by atoms with van der Waals surface area (Å²) < 4.78 is 5.71. The molecule has 1 N–H and O–H groups in total. The van der Waals surface area contributed by atoms with Gasteiger partial charge in [-0.25, -0.2) is 0 Å². The molecule has 0 saturated heterocycles. The molecule has 2 aromatic rings. The second-order valence-electron chi connectivity index (χ2n) is 4.05. The van der Waals surface area contributed by atoms with E-state index in [2.05, 4.69) is 6.07 Å². The van der Waals surface area contributed by atoms with Gasteiger partial charge in [0.05, 0.1) is 0 Å². The maximum atomic E-state index is 9.55. The molecular formula is C15H13NO2S. The van der Waals surface area contributed by atoms with Crippen LogP contribution in [0.4, 0.5) is 0 Å². The molecule has 0 radical (unpaired) electrons. The summed E-state index contributed by atoms with van der Waals surface area (Å²) >= 11 is 1.50. The Balaban J connectivity index is 2.41. The number of phenols is 1. The second kappa shape index (κ2) is 5.68. The highest BCUT2D eigenvalue weighted by Crippen LogP contribution is 2.32. The van der Waals surface area contributed by atoms with Crippen molar-refractivity contribution in [3.63, 3.8) is 0 Å².